The van der Waals surface area contributed by atoms with Crippen LogP contribution in [-0.4, -0.2) is 19.6 Å². The van der Waals surface area contributed by atoms with Gasteiger partial charge in [-0.2, -0.15) is 0 Å². The Hall–Kier alpha value is -0.860. The van der Waals surface area contributed by atoms with Gasteiger partial charge in [0, 0.05) is 18.6 Å². The van der Waals surface area contributed by atoms with Gasteiger partial charge in [-0.05, 0) is 55.8 Å². The first kappa shape index (κ1) is 11.2. The van der Waals surface area contributed by atoms with E-state index in [-0.39, 0.29) is 0 Å². The van der Waals surface area contributed by atoms with Crippen molar-refractivity contribution in [2.24, 2.45) is 0 Å². The van der Waals surface area contributed by atoms with E-state index in [1.54, 1.807) is 11.1 Å². The summed E-state index contributed by atoms with van der Waals surface area (Å²) in [4.78, 5) is 0. The van der Waals surface area contributed by atoms with Crippen LogP contribution in [0.25, 0.3) is 0 Å². The fourth-order valence-corrected chi connectivity index (χ4v) is 2.77. The molecule has 0 heterocycles. The van der Waals surface area contributed by atoms with Crippen LogP contribution in [0.5, 0.6) is 0 Å². The summed E-state index contributed by atoms with van der Waals surface area (Å²) >= 11 is 0. The predicted molar refractivity (Wildman–Crippen MR) is 71.3 cm³/mol. The first-order valence-electron chi connectivity index (χ1n) is 6.89. The van der Waals surface area contributed by atoms with Crippen LogP contribution in [-0.2, 0) is 12.8 Å². The van der Waals surface area contributed by atoms with E-state index in [4.69, 9.17) is 0 Å². The number of fused-ring (bicyclic) bond motifs is 1. The molecule has 2 aliphatic carbocycles. The molecule has 2 N–H and O–H groups in total. The van der Waals surface area contributed by atoms with Gasteiger partial charge >= 0.3 is 0 Å². The highest BCUT2D eigenvalue weighted by atomic mass is 15.0. The summed E-state index contributed by atoms with van der Waals surface area (Å²) in [6.45, 7) is 1.06. The van der Waals surface area contributed by atoms with Crippen molar-refractivity contribution in [3.63, 3.8) is 0 Å². The maximum Gasteiger partial charge on any atom is 0.0444 e. The highest BCUT2D eigenvalue weighted by Crippen LogP contribution is 2.26. The van der Waals surface area contributed by atoms with E-state index < -0.39 is 0 Å². The second-order valence-electron chi connectivity index (χ2n) is 5.41. The zero-order valence-corrected chi connectivity index (χ0v) is 10.6. The Kier molecular flexibility index (Phi) is 3.17. The predicted octanol–water partition coefficient (Wildman–Crippen LogP) is 2.19. The first-order chi connectivity index (χ1) is 8.36. The summed E-state index contributed by atoms with van der Waals surface area (Å²) in [5.41, 5.74) is 4.59. The molecule has 2 nitrogen and oxygen atoms in total. The maximum atomic E-state index is 3.61. The quantitative estimate of drug-likeness (QED) is 0.810. The second kappa shape index (κ2) is 4.79. The summed E-state index contributed by atoms with van der Waals surface area (Å²) in [6, 6.07) is 8.30. The van der Waals surface area contributed by atoms with Crippen LogP contribution >= 0.6 is 0 Å². The summed E-state index contributed by atoms with van der Waals surface area (Å²) in [6.07, 6.45) is 6.61. The zero-order valence-electron chi connectivity index (χ0n) is 10.6. The van der Waals surface area contributed by atoms with Gasteiger partial charge in [-0.25, -0.2) is 0 Å². The zero-order chi connectivity index (χ0) is 11.7. The van der Waals surface area contributed by atoms with Crippen LogP contribution in [0.15, 0.2) is 18.2 Å². The van der Waals surface area contributed by atoms with Crippen LogP contribution in [0.3, 0.4) is 0 Å². The van der Waals surface area contributed by atoms with Crippen molar-refractivity contribution >= 4 is 0 Å². The van der Waals surface area contributed by atoms with Gasteiger partial charge in [0.25, 0.3) is 0 Å². The van der Waals surface area contributed by atoms with E-state index in [9.17, 15) is 0 Å². The molecule has 0 spiro atoms. The third-order valence-corrected chi connectivity index (χ3v) is 4.06. The molecule has 0 saturated heterocycles. The van der Waals surface area contributed by atoms with Gasteiger partial charge in [0.2, 0.25) is 0 Å². The SMILES string of the molecule is CNC(CNC1CC1)c1ccc2c(c1)CCC2. The van der Waals surface area contributed by atoms with Crippen molar-refractivity contribution < 1.29 is 0 Å². The topological polar surface area (TPSA) is 24.1 Å². The van der Waals surface area contributed by atoms with Crippen LogP contribution in [0.2, 0.25) is 0 Å². The molecule has 0 amide bonds. The number of hydrogen-bond acceptors (Lipinski definition) is 2. The standard InChI is InChI=1S/C15H22N2/c1-16-15(10-17-14-7-8-14)13-6-5-11-3-2-4-12(11)9-13/h5-6,9,14-17H,2-4,7-8,10H2,1H3. The van der Waals surface area contributed by atoms with Crippen molar-refractivity contribution in [2.75, 3.05) is 13.6 Å². The summed E-state index contributed by atoms with van der Waals surface area (Å²) in [7, 11) is 2.06. The van der Waals surface area contributed by atoms with Crippen molar-refractivity contribution in [1.29, 1.82) is 0 Å². The van der Waals surface area contributed by atoms with Crippen molar-refractivity contribution in [2.45, 2.75) is 44.2 Å². The molecule has 0 aromatic heterocycles. The van der Waals surface area contributed by atoms with Crippen LogP contribution in [0.4, 0.5) is 0 Å². The van der Waals surface area contributed by atoms with E-state index in [0.29, 0.717) is 6.04 Å². The van der Waals surface area contributed by atoms with Crippen LogP contribution in [0.1, 0.15) is 42.0 Å². The van der Waals surface area contributed by atoms with Gasteiger partial charge in [-0.15, -0.1) is 0 Å². The molecule has 1 saturated carbocycles. The molecular weight excluding hydrogens is 208 g/mol. The molecule has 1 fully saturated rings. The molecule has 0 aliphatic heterocycles. The minimum Gasteiger partial charge on any atom is -0.312 e. The molecule has 3 rings (SSSR count). The highest BCUT2D eigenvalue weighted by molar-refractivity contribution is 5.36. The van der Waals surface area contributed by atoms with Crippen molar-refractivity contribution in [1.82, 2.24) is 10.6 Å². The lowest BCUT2D eigenvalue weighted by Gasteiger charge is -2.18. The molecule has 0 bridgehead atoms. The Bertz CT molecular complexity index is 396. The summed E-state index contributed by atoms with van der Waals surface area (Å²) in [5, 5.41) is 7.04. The lowest BCUT2D eigenvalue weighted by atomic mass is 10.0. The maximum absolute atomic E-state index is 3.61. The lowest BCUT2D eigenvalue weighted by molar-refractivity contribution is 0.526. The normalized spacial score (nSPS) is 20.3. The van der Waals surface area contributed by atoms with E-state index in [2.05, 4.69) is 35.9 Å². The molecule has 92 valence electrons. The number of aryl methyl sites for hydroxylation is 2. The van der Waals surface area contributed by atoms with Crippen molar-refractivity contribution in [3.05, 3.63) is 34.9 Å². The number of nitrogens with one attached hydrogen (secondary N) is 2. The third-order valence-electron chi connectivity index (χ3n) is 4.06. The number of benzene rings is 1. The van der Waals surface area contributed by atoms with Gasteiger partial charge in [-0.1, -0.05) is 18.2 Å². The van der Waals surface area contributed by atoms with Crippen LogP contribution < -0.4 is 10.6 Å². The minimum absolute atomic E-state index is 0.460. The van der Waals surface area contributed by atoms with Gasteiger partial charge in [0.1, 0.15) is 0 Å². The molecule has 1 aromatic rings. The van der Waals surface area contributed by atoms with E-state index in [0.717, 1.165) is 12.6 Å². The molecule has 1 unspecified atom stereocenters. The van der Waals surface area contributed by atoms with E-state index >= 15 is 0 Å². The molecular formula is C15H22N2. The van der Waals surface area contributed by atoms with Crippen LogP contribution in [0, 0.1) is 0 Å². The Morgan fingerprint density at radius 3 is 2.82 bits per heavy atom. The number of hydrogen-bond donors (Lipinski definition) is 2. The second-order valence-corrected chi connectivity index (χ2v) is 5.41. The minimum atomic E-state index is 0.460. The average Bonchev–Trinajstić information content (AvgIpc) is 3.06. The van der Waals surface area contributed by atoms with Gasteiger partial charge in [0.15, 0.2) is 0 Å². The Labute approximate surface area is 104 Å². The monoisotopic (exact) mass is 230 g/mol. The van der Waals surface area contributed by atoms with E-state index in [1.807, 2.05) is 0 Å². The smallest absolute Gasteiger partial charge is 0.0444 e. The molecule has 1 atom stereocenters. The number of likely N-dealkylation sites (N-methyl/N-ethyl adjacent to an activating group) is 1. The van der Waals surface area contributed by atoms with Gasteiger partial charge in [-0.3, -0.25) is 0 Å². The highest BCUT2D eigenvalue weighted by Gasteiger charge is 2.22. The Morgan fingerprint density at radius 1 is 1.24 bits per heavy atom. The third kappa shape index (κ3) is 2.53. The van der Waals surface area contributed by atoms with Gasteiger partial charge in [0.05, 0.1) is 0 Å². The van der Waals surface area contributed by atoms with Crippen molar-refractivity contribution in [3.8, 4) is 0 Å². The molecule has 0 radical (unpaired) electrons. The molecule has 2 heteroatoms. The van der Waals surface area contributed by atoms with E-state index in [1.165, 1.54) is 37.7 Å². The summed E-state index contributed by atoms with van der Waals surface area (Å²) in [5.74, 6) is 0. The molecule has 2 aliphatic rings. The molecule has 1 aromatic carbocycles. The largest absolute Gasteiger partial charge is 0.312 e. The average molecular weight is 230 g/mol. The van der Waals surface area contributed by atoms with Gasteiger partial charge < -0.3 is 10.6 Å². The first-order valence-corrected chi connectivity index (χ1v) is 6.89. The molecule has 17 heavy (non-hydrogen) atoms. The fourth-order valence-electron chi connectivity index (χ4n) is 2.77. The Balaban J connectivity index is 1.71. The fraction of sp³-hybridized carbons (Fsp3) is 0.600. The Morgan fingerprint density at radius 2 is 2.06 bits per heavy atom. The summed E-state index contributed by atoms with van der Waals surface area (Å²) < 4.78 is 0. The number of rotatable bonds is 5. The lowest BCUT2D eigenvalue weighted by Crippen LogP contribution is -2.30.